The van der Waals surface area contributed by atoms with Gasteiger partial charge < -0.3 is 10.4 Å². The molecule has 2 aromatic heterocycles. The first-order valence-corrected chi connectivity index (χ1v) is 7.31. The van der Waals surface area contributed by atoms with Gasteiger partial charge in [-0.2, -0.15) is 0 Å². The van der Waals surface area contributed by atoms with Gasteiger partial charge in [0.1, 0.15) is 5.60 Å². The zero-order valence-corrected chi connectivity index (χ0v) is 13.1. The molecule has 22 heavy (non-hydrogen) atoms. The number of nitrogens with zero attached hydrogens (tertiary/aromatic N) is 2. The van der Waals surface area contributed by atoms with Crippen LogP contribution in [0, 0.1) is 0 Å². The van der Waals surface area contributed by atoms with Gasteiger partial charge in [-0.25, -0.2) is 0 Å². The molecule has 116 valence electrons. The average Bonchev–Trinajstić information content (AvgIpc) is 2.52. The second-order valence-corrected chi connectivity index (χ2v) is 5.70. The van der Waals surface area contributed by atoms with Crippen LogP contribution >= 0.6 is 0 Å². The molecule has 2 N–H and O–H groups in total. The van der Waals surface area contributed by atoms with E-state index in [0.29, 0.717) is 11.3 Å². The third-order valence-electron chi connectivity index (χ3n) is 3.47. The normalized spacial score (nSPS) is 12.7. The van der Waals surface area contributed by atoms with Gasteiger partial charge in [-0.1, -0.05) is 6.92 Å². The lowest BCUT2D eigenvalue weighted by atomic mass is 9.98. The van der Waals surface area contributed by atoms with E-state index >= 15 is 0 Å². The molecule has 0 saturated carbocycles. The standard InChI is InChI=1S/C17H21N3O2/c1-4-14(20-16(21)12-5-8-18-9-6-12)13-7-10-19-15(11-13)17(2,3)22/h5-11,14,22H,4H2,1-3H3,(H,20,21)/t14-/m0/s1. The van der Waals surface area contributed by atoms with Crippen molar-refractivity contribution in [2.24, 2.45) is 0 Å². The summed E-state index contributed by atoms with van der Waals surface area (Å²) in [5.74, 6) is -0.143. The molecule has 0 spiro atoms. The largest absolute Gasteiger partial charge is 0.384 e. The van der Waals surface area contributed by atoms with Gasteiger partial charge in [-0.3, -0.25) is 14.8 Å². The minimum atomic E-state index is -1.01. The summed E-state index contributed by atoms with van der Waals surface area (Å²) >= 11 is 0. The van der Waals surface area contributed by atoms with Gasteiger partial charge in [0, 0.05) is 24.2 Å². The summed E-state index contributed by atoms with van der Waals surface area (Å²) < 4.78 is 0. The second kappa shape index (κ2) is 6.66. The molecule has 2 rings (SSSR count). The minimum absolute atomic E-state index is 0.134. The van der Waals surface area contributed by atoms with Crippen LogP contribution in [-0.2, 0) is 5.60 Å². The maximum Gasteiger partial charge on any atom is 0.251 e. The Morgan fingerprint density at radius 2 is 1.95 bits per heavy atom. The Balaban J connectivity index is 2.20. The molecule has 0 saturated heterocycles. The molecule has 5 heteroatoms. The van der Waals surface area contributed by atoms with Gasteiger partial charge in [0.2, 0.25) is 0 Å². The van der Waals surface area contributed by atoms with E-state index in [-0.39, 0.29) is 11.9 Å². The van der Waals surface area contributed by atoms with Gasteiger partial charge in [0.15, 0.2) is 0 Å². The number of nitrogens with one attached hydrogen (secondary N) is 1. The minimum Gasteiger partial charge on any atom is -0.384 e. The molecule has 5 nitrogen and oxygen atoms in total. The van der Waals surface area contributed by atoms with Gasteiger partial charge in [0.05, 0.1) is 11.7 Å². The fourth-order valence-electron chi connectivity index (χ4n) is 2.16. The number of carbonyl (C=O) groups is 1. The van der Waals surface area contributed by atoms with Gasteiger partial charge >= 0.3 is 0 Å². The van der Waals surface area contributed by atoms with Crippen molar-refractivity contribution in [1.82, 2.24) is 15.3 Å². The van der Waals surface area contributed by atoms with E-state index in [1.54, 1.807) is 44.6 Å². The molecule has 0 aliphatic carbocycles. The van der Waals surface area contributed by atoms with Crippen LogP contribution < -0.4 is 5.32 Å². The van der Waals surface area contributed by atoms with E-state index in [1.165, 1.54) is 0 Å². The van der Waals surface area contributed by atoms with Crippen molar-refractivity contribution in [3.63, 3.8) is 0 Å². The lowest BCUT2D eigenvalue weighted by Gasteiger charge is -2.21. The quantitative estimate of drug-likeness (QED) is 0.890. The number of aliphatic hydroxyl groups is 1. The number of pyridine rings is 2. The van der Waals surface area contributed by atoms with Gasteiger partial charge in [-0.15, -0.1) is 0 Å². The van der Waals surface area contributed by atoms with Crippen molar-refractivity contribution < 1.29 is 9.90 Å². The van der Waals surface area contributed by atoms with Crippen LogP contribution in [0.15, 0.2) is 42.9 Å². The predicted molar refractivity (Wildman–Crippen MR) is 84.2 cm³/mol. The van der Waals surface area contributed by atoms with Gasteiger partial charge in [-0.05, 0) is 50.1 Å². The predicted octanol–water partition coefficient (Wildman–Crippen LogP) is 2.59. The zero-order chi connectivity index (χ0) is 16.2. The molecule has 0 aliphatic heterocycles. The van der Waals surface area contributed by atoms with Crippen molar-refractivity contribution in [3.05, 3.63) is 59.7 Å². The lowest BCUT2D eigenvalue weighted by molar-refractivity contribution is 0.0737. The van der Waals surface area contributed by atoms with Gasteiger partial charge in [0.25, 0.3) is 5.91 Å². The number of hydrogen-bond donors (Lipinski definition) is 2. The fourth-order valence-corrected chi connectivity index (χ4v) is 2.16. The molecule has 0 aromatic carbocycles. The topological polar surface area (TPSA) is 75.1 Å². The van der Waals surface area contributed by atoms with Crippen LogP contribution in [0.2, 0.25) is 0 Å². The van der Waals surface area contributed by atoms with Crippen molar-refractivity contribution in [1.29, 1.82) is 0 Å². The van der Waals surface area contributed by atoms with Crippen LogP contribution in [-0.4, -0.2) is 21.0 Å². The van der Waals surface area contributed by atoms with Crippen molar-refractivity contribution >= 4 is 5.91 Å². The van der Waals surface area contributed by atoms with E-state index in [2.05, 4.69) is 15.3 Å². The molecule has 0 bridgehead atoms. The van der Waals surface area contributed by atoms with E-state index in [9.17, 15) is 9.90 Å². The van der Waals surface area contributed by atoms with Crippen LogP contribution in [0.4, 0.5) is 0 Å². The highest BCUT2D eigenvalue weighted by Gasteiger charge is 2.20. The Morgan fingerprint density at radius 1 is 1.27 bits per heavy atom. The van der Waals surface area contributed by atoms with E-state index < -0.39 is 5.60 Å². The molecule has 0 aliphatic rings. The van der Waals surface area contributed by atoms with E-state index in [0.717, 1.165) is 12.0 Å². The Labute approximate surface area is 130 Å². The monoisotopic (exact) mass is 299 g/mol. The van der Waals surface area contributed by atoms with Crippen molar-refractivity contribution in [2.75, 3.05) is 0 Å². The zero-order valence-electron chi connectivity index (χ0n) is 13.1. The third kappa shape index (κ3) is 3.89. The third-order valence-corrected chi connectivity index (χ3v) is 3.47. The number of hydrogen-bond acceptors (Lipinski definition) is 4. The van der Waals surface area contributed by atoms with Crippen molar-refractivity contribution in [2.45, 2.75) is 38.8 Å². The number of rotatable bonds is 5. The highest BCUT2D eigenvalue weighted by Crippen LogP contribution is 2.23. The highest BCUT2D eigenvalue weighted by atomic mass is 16.3. The van der Waals surface area contributed by atoms with E-state index in [1.807, 2.05) is 19.1 Å². The Kier molecular flexibility index (Phi) is 4.88. The maximum absolute atomic E-state index is 12.3. The van der Waals surface area contributed by atoms with Crippen LogP contribution in [0.1, 0.15) is 54.8 Å². The first-order chi connectivity index (χ1) is 10.4. The molecule has 0 fully saturated rings. The summed E-state index contributed by atoms with van der Waals surface area (Å²) in [6, 6.07) is 6.91. The molecule has 2 aromatic rings. The molecule has 2 heterocycles. The van der Waals surface area contributed by atoms with Crippen LogP contribution in [0.3, 0.4) is 0 Å². The maximum atomic E-state index is 12.3. The SMILES string of the molecule is CC[C@H](NC(=O)c1ccncc1)c1ccnc(C(C)(C)O)c1. The molecule has 1 atom stereocenters. The number of amides is 1. The summed E-state index contributed by atoms with van der Waals surface area (Å²) in [7, 11) is 0. The van der Waals surface area contributed by atoms with Crippen LogP contribution in [0.25, 0.3) is 0 Å². The Hall–Kier alpha value is -2.27. The first kappa shape index (κ1) is 16.1. The summed E-state index contributed by atoms with van der Waals surface area (Å²) in [6.45, 7) is 5.38. The first-order valence-electron chi connectivity index (χ1n) is 7.31. The molecular weight excluding hydrogens is 278 g/mol. The summed E-state index contributed by atoms with van der Waals surface area (Å²) in [4.78, 5) is 20.4. The number of aromatic nitrogens is 2. The summed E-state index contributed by atoms with van der Waals surface area (Å²) in [5.41, 5.74) is 1.08. The molecule has 0 unspecified atom stereocenters. The highest BCUT2D eigenvalue weighted by molar-refractivity contribution is 5.94. The lowest BCUT2D eigenvalue weighted by Crippen LogP contribution is -2.28. The Morgan fingerprint density at radius 3 is 2.55 bits per heavy atom. The Bertz CT molecular complexity index is 636. The fraction of sp³-hybridized carbons (Fsp3) is 0.353. The smallest absolute Gasteiger partial charge is 0.251 e. The molecule has 0 radical (unpaired) electrons. The molecule has 1 amide bonds. The molecular formula is C17H21N3O2. The van der Waals surface area contributed by atoms with E-state index in [4.69, 9.17) is 0 Å². The average molecular weight is 299 g/mol. The summed E-state index contributed by atoms with van der Waals surface area (Å²) in [6.07, 6.45) is 5.58. The second-order valence-electron chi connectivity index (χ2n) is 5.70. The number of carbonyl (C=O) groups excluding carboxylic acids is 1. The van der Waals surface area contributed by atoms with Crippen LogP contribution in [0.5, 0.6) is 0 Å². The van der Waals surface area contributed by atoms with Crippen molar-refractivity contribution in [3.8, 4) is 0 Å². The summed E-state index contributed by atoms with van der Waals surface area (Å²) in [5, 5.41) is 13.1.